The van der Waals surface area contributed by atoms with Gasteiger partial charge in [-0.15, -0.1) is 0 Å². The van der Waals surface area contributed by atoms with Crippen molar-refractivity contribution < 1.29 is 24.2 Å². The summed E-state index contributed by atoms with van der Waals surface area (Å²) < 4.78 is 4.58. The van der Waals surface area contributed by atoms with Crippen LogP contribution in [-0.4, -0.2) is 28.1 Å². The maximum atomic E-state index is 11.9. The van der Waals surface area contributed by atoms with Gasteiger partial charge in [0.05, 0.1) is 17.1 Å². The zero-order chi connectivity index (χ0) is 17.9. The van der Waals surface area contributed by atoms with Crippen molar-refractivity contribution in [2.45, 2.75) is 13.8 Å². The number of amides is 1. The molecule has 124 valence electrons. The number of nitrogens with zero attached hydrogens (tertiary/aromatic N) is 1. The molecule has 0 fully saturated rings. The fourth-order valence-corrected chi connectivity index (χ4v) is 2.14. The average Bonchev–Trinajstić information content (AvgIpc) is 2.48. The predicted octanol–water partition coefficient (Wildman–Crippen LogP) is 1.96. The summed E-state index contributed by atoms with van der Waals surface area (Å²) in [7, 11) is 0. The number of rotatable bonds is 5. The number of para-hydroxylation sites is 2. The molecule has 0 radical (unpaired) electrons. The molecule has 2 rings (SSSR count). The van der Waals surface area contributed by atoms with Crippen LogP contribution in [0.4, 0.5) is 11.4 Å². The maximum absolute atomic E-state index is 11.9. The lowest BCUT2D eigenvalue weighted by Crippen LogP contribution is -2.15. The molecule has 0 bridgehead atoms. The fraction of sp³-hybridized carbons (Fsp3) is 0.125. The van der Waals surface area contributed by atoms with Gasteiger partial charge in [0.25, 0.3) is 5.95 Å². The highest BCUT2D eigenvalue weighted by Gasteiger charge is 2.24. The summed E-state index contributed by atoms with van der Waals surface area (Å²) in [6, 6.07) is 6.53. The normalized spacial score (nSPS) is 11.2. The lowest BCUT2D eigenvalue weighted by molar-refractivity contribution is -0.105. The highest BCUT2D eigenvalue weighted by Crippen LogP contribution is 2.30. The summed E-state index contributed by atoms with van der Waals surface area (Å²) >= 11 is 0. The molecule has 0 spiro atoms. The maximum Gasteiger partial charge on any atom is 0.351 e. The third-order valence-electron chi connectivity index (χ3n) is 3.20. The van der Waals surface area contributed by atoms with Crippen LogP contribution in [0.3, 0.4) is 0 Å². The van der Waals surface area contributed by atoms with Crippen molar-refractivity contribution >= 4 is 29.3 Å². The molecule has 0 unspecified atom stereocenters. The predicted molar refractivity (Wildman–Crippen MR) is 86.3 cm³/mol. The molecule has 1 heterocycles. The van der Waals surface area contributed by atoms with Gasteiger partial charge in [-0.2, -0.15) is 0 Å². The molecule has 1 aromatic carbocycles. The van der Waals surface area contributed by atoms with Gasteiger partial charge in [-0.1, -0.05) is 12.1 Å². The number of Topliss-reactive ketones (excluding diaryl/α,β-unsaturated/α-hetero) is 1. The minimum absolute atomic E-state index is 0.0453. The number of aromatic hydroxyl groups is 2. The van der Waals surface area contributed by atoms with Crippen LogP contribution < -0.4 is 10.9 Å². The second-order valence-corrected chi connectivity index (χ2v) is 4.83. The zero-order valence-corrected chi connectivity index (χ0v) is 12.9. The molecule has 0 aliphatic heterocycles. The SMILES string of the molecule is CC(=O)c1c(O)oc(=O)c(C(C)=Nc2ccccc2NC=O)c1O. The van der Waals surface area contributed by atoms with Gasteiger partial charge in [0.15, 0.2) is 5.78 Å². The first-order valence-corrected chi connectivity index (χ1v) is 6.81. The fourth-order valence-electron chi connectivity index (χ4n) is 2.14. The lowest BCUT2D eigenvalue weighted by Gasteiger charge is -2.08. The number of aliphatic imine (C=N–C) groups is 1. The highest BCUT2D eigenvalue weighted by molar-refractivity contribution is 6.07. The first kappa shape index (κ1) is 16.9. The number of nitrogens with one attached hydrogen (secondary N) is 1. The van der Waals surface area contributed by atoms with Gasteiger partial charge < -0.3 is 19.9 Å². The topological polar surface area (TPSA) is 129 Å². The Labute approximate surface area is 136 Å². The lowest BCUT2D eigenvalue weighted by atomic mass is 10.1. The molecule has 0 aliphatic rings. The van der Waals surface area contributed by atoms with Crippen LogP contribution in [0.15, 0.2) is 38.5 Å². The number of benzene rings is 1. The van der Waals surface area contributed by atoms with Gasteiger partial charge in [0.2, 0.25) is 6.41 Å². The van der Waals surface area contributed by atoms with E-state index in [4.69, 9.17) is 0 Å². The monoisotopic (exact) mass is 330 g/mol. The number of ketones is 1. The van der Waals surface area contributed by atoms with Crippen molar-refractivity contribution in [1.82, 2.24) is 0 Å². The Bertz CT molecular complexity index is 898. The number of carbonyl (C=O) groups is 2. The van der Waals surface area contributed by atoms with Crippen molar-refractivity contribution in [3.63, 3.8) is 0 Å². The van der Waals surface area contributed by atoms with E-state index in [1.54, 1.807) is 24.3 Å². The molecule has 0 saturated carbocycles. The van der Waals surface area contributed by atoms with E-state index in [0.717, 1.165) is 6.92 Å². The molecular formula is C16H14N2O6. The summed E-state index contributed by atoms with van der Waals surface area (Å²) in [5.74, 6) is -2.34. The molecule has 2 aromatic rings. The van der Waals surface area contributed by atoms with Gasteiger partial charge in [0.1, 0.15) is 16.9 Å². The number of hydrogen-bond donors (Lipinski definition) is 3. The molecule has 1 amide bonds. The summed E-state index contributed by atoms with van der Waals surface area (Å²) in [4.78, 5) is 38.2. The van der Waals surface area contributed by atoms with Crippen molar-refractivity contribution in [3.05, 3.63) is 45.8 Å². The van der Waals surface area contributed by atoms with Gasteiger partial charge in [-0.05, 0) is 26.0 Å². The Morgan fingerprint density at radius 2 is 1.88 bits per heavy atom. The quantitative estimate of drug-likeness (QED) is 0.436. The van der Waals surface area contributed by atoms with E-state index in [2.05, 4.69) is 14.7 Å². The third-order valence-corrected chi connectivity index (χ3v) is 3.20. The van der Waals surface area contributed by atoms with Crippen molar-refractivity contribution in [2.24, 2.45) is 4.99 Å². The van der Waals surface area contributed by atoms with E-state index in [9.17, 15) is 24.6 Å². The Morgan fingerprint density at radius 3 is 2.50 bits per heavy atom. The number of hydrogen-bond acceptors (Lipinski definition) is 7. The van der Waals surface area contributed by atoms with Crippen molar-refractivity contribution in [1.29, 1.82) is 0 Å². The molecule has 8 nitrogen and oxygen atoms in total. The van der Waals surface area contributed by atoms with E-state index in [1.165, 1.54) is 6.92 Å². The van der Waals surface area contributed by atoms with E-state index in [-0.39, 0.29) is 11.3 Å². The first-order valence-electron chi connectivity index (χ1n) is 6.81. The van der Waals surface area contributed by atoms with Crippen LogP contribution in [0.5, 0.6) is 11.7 Å². The van der Waals surface area contributed by atoms with E-state index in [1.807, 2.05) is 0 Å². The minimum Gasteiger partial charge on any atom is -0.506 e. The summed E-state index contributed by atoms with van der Waals surface area (Å²) in [6.07, 6.45) is 0.476. The smallest absolute Gasteiger partial charge is 0.351 e. The largest absolute Gasteiger partial charge is 0.506 e. The van der Waals surface area contributed by atoms with Crippen LogP contribution in [0.2, 0.25) is 0 Å². The third kappa shape index (κ3) is 3.17. The second kappa shape index (κ2) is 6.78. The number of carbonyl (C=O) groups excluding carboxylic acids is 2. The molecule has 8 heteroatoms. The second-order valence-electron chi connectivity index (χ2n) is 4.83. The van der Waals surface area contributed by atoms with Crippen LogP contribution in [0.25, 0.3) is 0 Å². The van der Waals surface area contributed by atoms with Crippen LogP contribution in [-0.2, 0) is 4.79 Å². The van der Waals surface area contributed by atoms with Crippen molar-refractivity contribution in [2.75, 3.05) is 5.32 Å². The molecular weight excluding hydrogens is 316 g/mol. The van der Waals surface area contributed by atoms with Crippen LogP contribution >= 0.6 is 0 Å². The molecule has 3 N–H and O–H groups in total. The summed E-state index contributed by atoms with van der Waals surface area (Å²) in [6.45, 7) is 2.53. The summed E-state index contributed by atoms with van der Waals surface area (Å²) in [5, 5.41) is 22.1. The minimum atomic E-state index is -1.04. The standard InChI is InChI=1S/C16H14N2O6/c1-8(18-11-6-4-3-5-10(11)17-7-19)12-14(21)13(9(2)20)16(23)24-15(12)22/h3-7,21,23H,1-2H3,(H,17,19). The molecule has 0 atom stereocenters. The molecule has 1 aromatic heterocycles. The van der Waals surface area contributed by atoms with Gasteiger partial charge >= 0.3 is 5.63 Å². The van der Waals surface area contributed by atoms with Gasteiger partial charge in [-0.25, -0.2) is 4.79 Å². The van der Waals surface area contributed by atoms with Crippen LogP contribution in [0.1, 0.15) is 29.8 Å². The molecule has 24 heavy (non-hydrogen) atoms. The average molecular weight is 330 g/mol. The Balaban J connectivity index is 2.65. The highest BCUT2D eigenvalue weighted by atomic mass is 16.5. The van der Waals surface area contributed by atoms with Crippen molar-refractivity contribution in [3.8, 4) is 11.7 Å². The van der Waals surface area contributed by atoms with Gasteiger partial charge in [0, 0.05) is 0 Å². The molecule has 0 saturated heterocycles. The summed E-state index contributed by atoms with van der Waals surface area (Å²) in [5.41, 5.74) is -1.13. The van der Waals surface area contributed by atoms with E-state index < -0.39 is 28.7 Å². The Hall–Kier alpha value is -3.42. The first-order chi connectivity index (χ1) is 11.4. The van der Waals surface area contributed by atoms with E-state index >= 15 is 0 Å². The zero-order valence-electron chi connectivity index (χ0n) is 12.9. The number of anilines is 1. The van der Waals surface area contributed by atoms with Gasteiger partial charge in [-0.3, -0.25) is 14.6 Å². The van der Waals surface area contributed by atoms with Crippen LogP contribution in [0, 0.1) is 0 Å². The Morgan fingerprint density at radius 1 is 1.21 bits per heavy atom. The van der Waals surface area contributed by atoms with E-state index in [0.29, 0.717) is 17.8 Å². The Kier molecular flexibility index (Phi) is 4.78. The molecule has 0 aliphatic carbocycles.